The van der Waals surface area contributed by atoms with Gasteiger partial charge in [-0.1, -0.05) is 71.7 Å². The molecule has 0 spiro atoms. The fourth-order valence-corrected chi connectivity index (χ4v) is 6.56. The lowest BCUT2D eigenvalue weighted by Gasteiger charge is -2.61. The van der Waals surface area contributed by atoms with E-state index in [9.17, 15) is 9.59 Å². The fraction of sp³-hybridized carbons (Fsp3) is 0.588. The summed E-state index contributed by atoms with van der Waals surface area (Å²) in [5.74, 6) is -0.346. The van der Waals surface area contributed by atoms with Crippen LogP contribution in [0.2, 0.25) is 0 Å². The van der Waals surface area contributed by atoms with Crippen LogP contribution in [0, 0.1) is 16.7 Å². The van der Waals surface area contributed by atoms with Crippen LogP contribution in [0.15, 0.2) is 48.5 Å². The quantitative estimate of drug-likeness (QED) is 0.280. The maximum atomic E-state index is 13.4. The molecule has 0 saturated heterocycles. The number of rotatable bonds is 11. The van der Waals surface area contributed by atoms with Crippen molar-refractivity contribution in [3.8, 4) is 0 Å². The Labute approximate surface area is 229 Å². The monoisotopic (exact) mass is 518 g/mol. The Kier molecular flexibility index (Phi) is 9.00. The molecule has 0 radical (unpaired) electrons. The van der Waals surface area contributed by atoms with Gasteiger partial charge < -0.3 is 9.47 Å². The molecule has 0 N–H and O–H groups in total. The molecule has 2 aromatic rings. The highest BCUT2D eigenvalue weighted by Crippen LogP contribution is 2.61. The van der Waals surface area contributed by atoms with Crippen molar-refractivity contribution in [1.29, 1.82) is 0 Å². The first-order valence-electron chi connectivity index (χ1n) is 14.8. The van der Waals surface area contributed by atoms with Gasteiger partial charge in [0.1, 0.15) is 12.2 Å². The minimum absolute atomic E-state index is 0.191. The summed E-state index contributed by atoms with van der Waals surface area (Å²) < 4.78 is 12.7. The van der Waals surface area contributed by atoms with E-state index in [1.165, 1.54) is 11.1 Å². The molecule has 0 aliphatic heterocycles. The lowest BCUT2D eigenvalue weighted by molar-refractivity contribution is -0.210. The Morgan fingerprint density at radius 2 is 1.16 bits per heavy atom. The Morgan fingerprint density at radius 1 is 0.737 bits per heavy atom. The smallest absolute Gasteiger partial charge is 0.338 e. The van der Waals surface area contributed by atoms with Gasteiger partial charge in [0.25, 0.3) is 0 Å². The molecule has 2 aromatic carbocycles. The number of benzene rings is 2. The van der Waals surface area contributed by atoms with E-state index >= 15 is 0 Å². The molecule has 2 bridgehead atoms. The van der Waals surface area contributed by atoms with Crippen molar-refractivity contribution >= 4 is 11.9 Å². The van der Waals surface area contributed by atoms with E-state index in [1.54, 1.807) is 0 Å². The molecule has 2 unspecified atom stereocenters. The van der Waals surface area contributed by atoms with E-state index in [4.69, 9.17) is 9.47 Å². The van der Waals surface area contributed by atoms with Gasteiger partial charge in [-0.3, -0.25) is 0 Å². The van der Waals surface area contributed by atoms with Crippen LogP contribution in [0.25, 0.3) is 0 Å². The zero-order valence-corrected chi connectivity index (χ0v) is 24.1. The average molecular weight is 519 g/mol. The third-order valence-electron chi connectivity index (χ3n) is 9.49. The van der Waals surface area contributed by atoms with Crippen molar-refractivity contribution in [2.45, 2.75) is 111 Å². The van der Waals surface area contributed by atoms with Gasteiger partial charge >= 0.3 is 11.9 Å². The molecule has 206 valence electrons. The molecule has 3 saturated carbocycles. The van der Waals surface area contributed by atoms with Crippen molar-refractivity contribution in [3.05, 3.63) is 70.8 Å². The van der Waals surface area contributed by atoms with Gasteiger partial charge in [0.15, 0.2) is 0 Å². The second-order valence-electron chi connectivity index (χ2n) is 12.3. The first-order chi connectivity index (χ1) is 18.2. The lowest BCUT2D eigenvalue weighted by Crippen LogP contribution is -2.64. The summed E-state index contributed by atoms with van der Waals surface area (Å²) in [6.45, 7) is 11.0. The Hall–Kier alpha value is -2.62. The predicted octanol–water partition coefficient (Wildman–Crippen LogP) is 8.36. The molecule has 4 heteroatoms. The molecule has 4 nitrogen and oxygen atoms in total. The van der Waals surface area contributed by atoms with Crippen molar-refractivity contribution in [2.24, 2.45) is 16.7 Å². The number of hydrogen-bond acceptors (Lipinski definition) is 4. The lowest BCUT2D eigenvalue weighted by atomic mass is 9.48. The molecule has 3 fully saturated rings. The van der Waals surface area contributed by atoms with Crippen LogP contribution in [0.4, 0.5) is 0 Å². The number of carbonyl (C=O) groups is 2. The first kappa shape index (κ1) is 28.4. The molecule has 0 amide bonds. The standard InChI is InChI=1S/C34H46O4/c1-6-8-10-25-12-16-27(17-13-25)31(35)37-29-30(34(24(3)4)22-20-33(29,5)21-23-34)38-32(36)28-18-14-26(15-19-28)11-9-7-2/h12-19,24,29-30H,6-11,20-23H2,1-5H3. The summed E-state index contributed by atoms with van der Waals surface area (Å²) in [5, 5.41) is 0. The van der Waals surface area contributed by atoms with E-state index < -0.39 is 12.2 Å². The fourth-order valence-electron chi connectivity index (χ4n) is 6.56. The van der Waals surface area contributed by atoms with E-state index in [1.807, 2.05) is 48.5 Å². The number of aryl methyl sites for hydroxylation is 2. The molecule has 0 heterocycles. The van der Waals surface area contributed by atoms with Gasteiger partial charge in [0.2, 0.25) is 0 Å². The predicted molar refractivity (Wildman–Crippen MR) is 152 cm³/mol. The molecule has 5 rings (SSSR count). The molecule has 3 aliphatic carbocycles. The van der Waals surface area contributed by atoms with E-state index in [0.717, 1.165) is 64.2 Å². The van der Waals surface area contributed by atoms with Crippen LogP contribution < -0.4 is 0 Å². The van der Waals surface area contributed by atoms with Crippen LogP contribution in [-0.2, 0) is 22.3 Å². The molecular weight excluding hydrogens is 472 g/mol. The minimum Gasteiger partial charge on any atom is -0.454 e. The summed E-state index contributed by atoms with van der Waals surface area (Å²) in [7, 11) is 0. The van der Waals surface area contributed by atoms with Gasteiger partial charge in [0, 0.05) is 10.8 Å². The number of carbonyl (C=O) groups excluding carboxylic acids is 2. The zero-order chi connectivity index (χ0) is 27.3. The second kappa shape index (κ2) is 12.1. The normalized spacial score (nSPS) is 26.4. The summed E-state index contributed by atoms with van der Waals surface area (Å²) in [5.41, 5.74) is 3.19. The third-order valence-corrected chi connectivity index (χ3v) is 9.49. The van der Waals surface area contributed by atoms with Crippen LogP contribution >= 0.6 is 0 Å². The molecule has 2 atom stereocenters. The zero-order valence-electron chi connectivity index (χ0n) is 24.1. The summed E-state index contributed by atoms with van der Waals surface area (Å²) in [6, 6.07) is 15.6. The number of fused-ring (bicyclic) bond motifs is 3. The summed E-state index contributed by atoms with van der Waals surface area (Å²) >= 11 is 0. The Morgan fingerprint density at radius 3 is 1.55 bits per heavy atom. The summed E-state index contributed by atoms with van der Waals surface area (Å²) in [6.07, 6.45) is 9.56. The highest BCUT2D eigenvalue weighted by atomic mass is 16.6. The van der Waals surface area contributed by atoms with Crippen molar-refractivity contribution < 1.29 is 19.1 Å². The molecular formula is C34H46O4. The maximum Gasteiger partial charge on any atom is 0.338 e. The molecule has 3 aliphatic rings. The number of esters is 2. The van der Waals surface area contributed by atoms with Gasteiger partial charge in [0.05, 0.1) is 11.1 Å². The van der Waals surface area contributed by atoms with Gasteiger partial charge in [-0.15, -0.1) is 0 Å². The van der Waals surface area contributed by atoms with Crippen LogP contribution in [-0.4, -0.2) is 24.1 Å². The number of ether oxygens (including phenoxy) is 2. The van der Waals surface area contributed by atoms with Gasteiger partial charge in [-0.2, -0.15) is 0 Å². The third kappa shape index (κ3) is 5.84. The highest BCUT2D eigenvalue weighted by Gasteiger charge is 2.63. The van der Waals surface area contributed by atoms with Crippen molar-refractivity contribution in [3.63, 3.8) is 0 Å². The topological polar surface area (TPSA) is 52.6 Å². The van der Waals surface area contributed by atoms with E-state index in [-0.39, 0.29) is 22.8 Å². The van der Waals surface area contributed by atoms with Crippen molar-refractivity contribution in [1.82, 2.24) is 0 Å². The van der Waals surface area contributed by atoms with Gasteiger partial charge in [-0.05, 0) is 92.7 Å². The van der Waals surface area contributed by atoms with E-state index in [2.05, 4.69) is 34.6 Å². The molecule has 38 heavy (non-hydrogen) atoms. The Bertz CT molecular complexity index is 1070. The summed E-state index contributed by atoms with van der Waals surface area (Å²) in [4.78, 5) is 26.8. The maximum absolute atomic E-state index is 13.4. The SMILES string of the molecule is CCCCc1ccc(C(=O)OC2C(OC(=O)c3ccc(CCCC)cc3)C3(C(C)C)CCC2(C)CC3)cc1. The van der Waals surface area contributed by atoms with Crippen LogP contribution in [0.1, 0.15) is 118 Å². The van der Waals surface area contributed by atoms with Gasteiger partial charge in [-0.25, -0.2) is 9.59 Å². The Balaban J connectivity index is 1.56. The molecule has 0 aromatic heterocycles. The number of hydrogen-bond donors (Lipinski definition) is 0. The van der Waals surface area contributed by atoms with Crippen LogP contribution in [0.3, 0.4) is 0 Å². The van der Waals surface area contributed by atoms with Crippen LogP contribution in [0.5, 0.6) is 0 Å². The average Bonchev–Trinajstić information content (AvgIpc) is 2.93. The second-order valence-corrected chi connectivity index (χ2v) is 12.3. The number of unbranched alkanes of at least 4 members (excludes halogenated alkanes) is 2. The highest BCUT2D eigenvalue weighted by molar-refractivity contribution is 5.90. The first-order valence-corrected chi connectivity index (χ1v) is 14.8. The minimum atomic E-state index is -0.465. The van der Waals surface area contributed by atoms with Crippen molar-refractivity contribution in [2.75, 3.05) is 0 Å². The largest absolute Gasteiger partial charge is 0.454 e. The van der Waals surface area contributed by atoms with E-state index in [0.29, 0.717) is 17.0 Å².